The van der Waals surface area contributed by atoms with Gasteiger partial charge in [-0.25, -0.2) is 0 Å². The van der Waals surface area contributed by atoms with Crippen molar-refractivity contribution >= 4 is 17.3 Å². The molecule has 170 valence electrons. The number of ether oxygens (including phenoxy) is 1. The van der Waals surface area contributed by atoms with E-state index in [2.05, 4.69) is 22.3 Å². The van der Waals surface area contributed by atoms with Gasteiger partial charge in [-0.1, -0.05) is 36.4 Å². The molecule has 32 heavy (non-hydrogen) atoms. The van der Waals surface area contributed by atoms with Crippen molar-refractivity contribution in [1.29, 1.82) is 0 Å². The van der Waals surface area contributed by atoms with Gasteiger partial charge in [-0.2, -0.15) is 0 Å². The molecule has 1 amide bonds. The number of nitrogens with zero attached hydrogens (tertiary/aromatic N) is 3. The first-order chi connectivity index (χ1) is 15.6. The molecule has 8 heteroatoms. The van der Waals surface area contributed by atoms with Crippen LogP contribution in [0.25, 0.3) is 0 Å². The van der Waals surface area contributed by atoms with Crippen molar-refractivity contribution in [3.05, 3.63) is 69.8 Å². The Morgan fingerprint density at radius 3 is 2.50 bits per heavy atom. The van der Waals surface area contributed by atoms with Gasteiger partial charge in [0.2, 0.25) is 5.91 Å². The summed E-state index contributed by atoms with van der Waals surface area (Å²) in [5.74, 6) is -0.00338. The summed E-state index contributed by atoms with van der Waals surface area (Å²) < 4.78 is 5.41. The highest BCUT2D eigenvalue weighted by Crippen LogP contribution is 2.31. The lowest BCUT2D eigenvalue weighted by Crippen LogP contribution is -2.40. The number of benzene rings is 2. The largest absolute Gasteiger partial charge is 0.379 e. The lowest BCUT2D eigenvalue weighted by Gasteiger charge is -2.32. The second-order valence-corrected chi connectivity index (χ2v) is 8.43. The molecule has 4 rings (SSSR count). The minimum Gasteiger partial charge on any atom is -0.379 e. The number of nitro benzene ring substituents is 1. The van der Waals surface area contributed by atoms with Crippen LogP contribution in [0.15, 0.2) is 48.5 Å². The van der Waals surface area contributed by atoms with E-state index < -0.39 is 0 Å². The summed E-state index contributed by atoms with van der Waals surface area (Å²) in [4.78, 5) is 28.1. The molecule has 0 atom stereocenters. The van der Waals surface area contributed by atoms with Crippen LogP contribution >= 0.6 is 0 Å². The lowest BCUT2D eigenvalue weighted by molar-refractivity contribution is -0.384. The Morgan fingerprint density at radius 2 is 1.75 bits per heavy atom. The highest BCUT2D eigenvalue weighted by Gasteiger charge is 2.28. The van der Waals surface area contributed by atoms with Crippen LogP contribution in [0.4, 0.5) is 11.4 Å². The van der Waals surface area contributed by atoms with Crippen LogP contribution in [0.3, 0.4) is 0 Å². The van der Waals surface area contributed by atoms with Crippen molar-refractivity contribution in [2.45, 2.75) is 25.9 Å². The maximum atomic E-state index is 12.7. The fraction of sp³-hybridized carbons (Fsp3) is 0.458. The van der Waals surface area contributed by atoms with E-state index in [-0.39, 0.29) is 22.4 Å². The Kier molecular flexibility index (Phi) is 7.34. The second kappa shape index (κ2) is 10.6. The number of carbonyl (C=O) groups is 1. The molecule has 0 spiro atoms. The number of anilines is 1. The van der Waals surface area contributed by atoms with Gasteiger partial charge in [0.05, 0.1) is 18.1 Å². The van der Waals surface area contributed by atoms with Crippen molar-refractivity contribution < 1.29 is 14.5 Å². The molecule has 2 aromatic carbocycles. The number of hydrogen-bond acceptors (Lipinski definition) is 6. The first kappa shape index (κ1) is 22.2. The van der Waals surface area contributed by atoms with E-state index >= 15 is 0 Å². The monoisotopic (exact) mass is 438 g/mol. The average molecular weight is 439 g/mol. The Bertz CT molecular complexity index is 937. The molecule has 0 unspecified atom stereocenters. The number of nitro groups is 1. The van der Waals surface area contributed by atoms with E-state index in [1.807, 2.05) is 23.1 Å². The molecule has 0 bridgehead atoms. The molecule has 8 nitrogen and oxygen atoms in total. The van der Waals surface area contributed by atoms with E-state index in [0.29, 0.717) is 38.2 Å². The summed E-state index contributed by atoms with van der Waals surface area (Å²) >= 11 is 0. The van der Waals surface area contributed by atoms with Crippen LogP contribution in [-0.4, -0.2) is 55.1 Å². The number of morpholine rings is 1. The van der Waals surface area contributed by atoms with Gasteiger partial charge < -0.3 is 15.0 Å². The topological polar surface area (TPSA) is 88.0 Å². The standard InChI is InChI=1S/C24H30N4O4/c29-24(21-8-10-27(11-9-21)22-6-1-2-7-23(22)28(30)31)25-17-19-4-3-5-20(16-19)18-26-12-14-32-15-13-26/h1-7,16,21H,8-15,17-18H2,(H,25,29). The van der Waals surface area contributed by atoms with Crippen LogP contribution in [-0.2, 0) is 22.6 Å². The zero-order chi connectivity index (χ0) is 22.3. The summed E-state index contributed by atoms with van der Waals surface area (Å²) in [7, 11) is 0. The molecule has 0 saturated carbocycles. The molecule has 2 aliphatic rings. The molecule has 2 saturated heterocycles. The fourth-order valence-electron chi connectivity index (χ4n) is 4.46. The zero-order valence-corrected chi connectivity index (χ0v) is 18.2. The van der Waals surface area contributed by atoms with Gasteiger partial charge in [-0.3, -0.25) is 19.8 Å². The van der Waals surface area contributed by atoms with Gasteiger partial charge in [-0.15, -0.1) is 0 Å². The van der Waals surface area contributed by atoms with Crippen LogP contribution in [0.5, 0.6) is 0 Å². The number of carbonyl (C=O) groups excluding carboxylic acids is 1. The Morgan fingerprint density at radius 1 is 1.03 bits per heavy atom. The van der Waals surface area contributed by atoms with Crippen molar-refractivity contribution in [2.75, 3.05) is 44.3 Å². The first-order valence-electron chi connectivity index (χ1n) is 11.2. The quantitative estimate of drug-likeness (QED) is 0.528. The Balaban J connectivity index is 1.27. The average Bonchev–Trinajstić information content (AvgIpc) is 2.83. The van der Waals surface area contributed by atoms with Crippen LogP contribution < -0.4 is 10.2 Å². The molecule has 2 aliphatic heterocycles. The second-order valence-electron chi connectivity index (χ2n) is 8.43. The van der Waals surface area contributed by atoms with Crippen molar-refractivity contribution in [3.63, 3.8) is 0 Å². The van der Waals surface area contributed by atoms with Crippen LogP contribution in [0, 0.1) is 16.0 Å². The predicted octanol–water partition coefficient (Wildman–Crippen LogP) is 2.96. The number of hydrogen-bond donors (Lipinski definition) is 1. The number of amides is 1. The molecule has 2 fully saturated rings. The third-order valence-electron chi connectivity index (χ3n) is 6.25. The zero-order valence-electron chi connectivity index (χ0n) is 18.2. The van der Waals surface area contributed by atoms with Gasteiger partial charge in [0.1, 0.15) is 5.69 Å². The van der Waals surface area contributed by atoms with Gasteiger partial charge in [-0.05, 0) is 30.0 Å². The molecular formula is C24H30N4O4. The minimum atomic E-state index is -0.346. The SMILES string of the molecule is O=C(NCc1cccc(CN2CCOCC2)c1)C1CCN(c2ccccc2[N+](=O)[O-])CC1. The molecule has 0 radical (unpaired) electrons. The fourth-order valence-corrected chi connectivity index (χ4v) is 4.46. The molecule has 0 aliphatic carbocycles. The number of para-hydroxylation sites is 2. The third kappa shape index (κ3) is 5.63. The highest BCUT2D eigenvalue weighted by molar-refractivity contribution is 5.79. The van der Waals surface area contributed by atoms with Gasteiger partial charge >= 0.3 is 0 Å². The summed E-state index contributed by atoms with van der Waals surface area (Å²) in [6, 6.07) is 15.2. The normalized spacial score (nSPS) is 17.8. The lowest BCUT2D eigenvalue weighted by atomic mass is 9.95. The molecular weight excluding hydrogens is 408 g/mol. The summed E-state index contributed by atoms with van der Waals surface area (Å²) in [5, 5.41) is 14.4. The van der Waals surface area contributed by atoms with Crippen molar-refractivity contribution in [2.24, 2.45) is 5.92 Å². The summed E-state index contributed by atoms with van der Waals surface area (Å²) in [6.07, 6.45) is 1.38. The maximum absolute atomic E-state index is 12.7. The van der Waals surface area contributed by atoms with E-state index in [4.69, 9.17) is 4.74 Å². The van der Waals surface area contributed by atoms with Crippen molar-refractivity contribution in [3.8, 4) is 0 Å². The number of piperidine rings is 1. The minimum absolute atomic E-state index is 0.0609. The highest BCUT2D eigenvalue weighted by atomic mass is 16.6. The predicted molar refractivity (Wildman–Crippen MR) is 122 cm³/mol. The van der Waals surface area contributed by atoms with E-state index in [0.717, 1.165) is 38.4 Å². The summed E-state index contributed by atoms with van der Waals surface area (Å²) in [6.45, 7) is 6.15. The molecule has 2 aromatic rings. The number of nitrogens with one attached hydrogen (secondary N) is 1. The molecule has 1 N–H and O–H groups in total. The van der Waals surface area contributed by atoms with E-state index in [1.165, 1.54) is 11.6 Å². The first-order valence-corrected chi connectivity index (χ1v) is 11.2. The van der Waals surface area contributed by atoms with Crippen LogP contribution in [0.1, 0.15) is 24.0 Å². The van der Waals surface area contributed by atoms with Gasteiger partial charge in [0, 0.05) is 51.3 Å². The van der Waals surface area contributed by atoms with Crippen molar-refractivity contribution in [1.82, 2.24) is 10.2 Å². The van der Waals surface area contributed by atoms with Gasteiger partial charge in [0.15, 0.2) is 0 Å². The molecule has 0 aromatic heterocycles. The maximum Gasteiger partial charge on any atom is 0.292 e. The van der Waals surface area contributed by atoms with Gasteiger partial charge in [0.25, 0.3) is 5.69 Å². The van der Waals surface area contributed by atoms with Crippen LogP contribution in [0.2, 0.25) is 0 Å². The third-order valence-corrected chi connectivity index (χ3v) is 6.25. The smallest absolute Gasteiger partial charge is 0.292 e. The molecule has 2 heterocycles. The Labute approximate surface area is 188 Å². The van der Waals surface area contributed by atoms with E-state index in [1.54, 1.807) is 12.1 Å². The number of rotatable bonds is 7. The van der Waals surface area contributed by atoms with E-state index in [9.17, 15) is 14.9 Å². The summed E-state index contributed by atoms with van der Waals surface area (Å²) in [5.41, 5.74) is 3.10. The Hall–Kier alpha value is -2.97.